The molecule has 1 unspecified atom stereocenters. The number of H-pyrrole nitrogens is 1. The van der Waals surface area contributed by atoms with E-state index in [0.717, 1.165) is 17.4 Å². The van der Waals surface area contributed by atoms with Crippen LogP contribution in [0.3, 0.4) is 0 Å². The number of hydrogen-bond acceptors (Lipinski definition) is 3. The summed E-state index contributed by atoms with van der Waals surface area (Å²) in [4.78, 5) is 4.30. The van der Waals surface area contributed by atoms with Crippen LogP contribution in [0.4, 0.5) is 0 Å². The van der Waals surface area contributed by atoms with Gasteiger partial charge in [-0.2, -0.15) is 5.10 Å². The fraction of sp³-hybridized carbons (Fsp3) is 0.714. The minimum Gasteiger partial charge on any atom is -0.254 e. The molecule has 0 saturated heterocycles. The van der Waals surface area contributed by atoms with Crippen molar-refractivity contribution < 1.29 is 0 Å². The Morgan fingerprint density at radius 3 is 2.82 bits per heavy atom. The fourth-order valence-corrected chi connectivity index (χ4v) is 1.08. The van der Waals surface area contributed by atoms with Gasteiger partial charge in [-0.25, -0.2) is 4.98 Å². The third-order valence-corrected chi connectivity index (χ3v) is 2.30. The molecule has 62 valence electrons. The molecular weight excluding hydrogens is 158 g/mol. The van der Waals surface area contributed by atoms with Gasteiger partial charge in [0.2, 0.25) is 0 Å². The first-order valence-corrected chi connectivity index (χ1v) is 4.96. The van der Waals surface area contributed by atoms with E-state index in [0.29, 0.717) is 5.92 Å². The van der Waals surface area contributed by atoms with Crippen LogP contribution in [0.25, 0.3) is 0 Å². The van der Waals surface area contributed by atoms with Gasteiger partial charge in [0, 0.05) is 5.92 Å². The van der Waals surface area contributed by atoms with Crippen LogP contribution in [0.5, 0.6) is 0 Å². The van der Waals surface area contributed by atoms with Crippen molar-refractivity contribution in [1.29, 1.82) is 0 Å². The van der Waals surface area contributed by atoms with Crippen LogP contribution in [-0.2, 0) is 0 Å². The van der Waals surface area contributed by atoms with Gasteiger partial charge < -0.3 is 0 Å². The fourth-order valence-electron chi connectivity index (χ4n) is 0.753. The van der Waals surface area contributed by atoms with Crippen molar-refractivity contribution in [2.24, 2.45) is 0 Å². The molecule has 0 aromatic carbocycles. The molecule has 0 saturated carbocycles. The van der Waals surface area contributed by atoms with E-state index in [1.807, 2.05) is 6.26 Å². The Morgan fingerprint density at radius 2 is 2.36 bits per heavy atom. The summed E-state index contributed by atoms with van der Waals surface area (Å²) in [6.45, 7) is 4.27. The summed E-state index contributed by atoms with van der Waals surface area (Å²) >= 11 is 1.59. The first-order valence-electron chi connectivity index (χ1n) is 3.74. The lowest BCUT2D eigenvalue weighted by Gasteiger charge is -1.99. The lowest BCUT2D eigenvalue weighted by molar-refractivity contribution is 0.681. The lowest BCUT2D eigenvalue weighted by Crippen LogP contribution is -1.93. The first-order chi connectivity index (χ1) is 5.27. The molecule has 4 heteroatoms. The maximum absolute atomic E-state index is 4.30. The van der Waals surface area contributed by atoms with E-state index < -0.39 is 0 Å². The second-order valence-electron chi connectivity index (χ2n) is 2.51. The van der Waals surface area contributed by atoms with Crippen LogP contribution in [0.1, 0.15) is 32.0 Å². The van der Waals surface area contributed by atoms with Crippen LogP contribution in [0, 0.1) is 0 Å². The Morgan fingerprint density at radius 1 is 1.64 bits per heavy atom. The molecule has 0 aliphatic rings. The van der Waals surface area contributed by atoms with Gasteiger partial charge in [-0.05, 0) is 12.7 Å². The topological polar surface area (TPSA) is 41.6 Å². The molecule has 11 heavy (non-hydrogen) atoms. The highest BCUT2D eigenvalue weighted by atomic mass is 32.2. The Balaban J connectivity index is 2.71. The van der Waals surface area contributed by atoms with Gasteiger partial charge in [0.05, 0.1) is 0 Å². The molecule has 1 aromatic rings. The van der Waals surface area contributed by atoms with Crippen LogP contribution >= 0.6 is 11.8 Å². The molecule has 1 N–H and O–H groups in total. The molecule has 0 aliphatic heterocycles. The monoisotopic (exact) mass is 171 g/mol. The van der Waals surface area contributed by atoms with Gasteiger partial charge in [-0.3, -0.25) is 5.10 Å². The van der Waals surface area contributed by atoms with Crippen molar-refractivity contribution in [1.82, 2.24) is 15.2 Å². The molecule has 1 heterocycles. The molecule has 3 nitrogen and oxygen atoms in total. The van der Waals surface area contributed by atoms with Crippen LogP contribution in [0.2, 0.25) is 0 Å². The second kappa shape index (κ2) is 3.76. The number of aromatic amines is 1. The number of thioether (sulfide) groups is 1. The quantitative estimate of drug-likeness (QED) is 0.708. The minimum absolute atomic E-state index is 0.465. The van der Waals surface area contributed by atoms with Gasteiger partial charge in [-0.1, -0.05) is 25.6 Å². The zero-order valence-corrected chi connectivity index (χ0v) is 7.90. The standard InChI is InChI=1S/C7H13N3S/c1-4-5(2)6-8-7(11-3)10-9-6/h5H,4H2,1-3H3,(H,8,9,10). The highest BCUT2D eigenvalue weighted by molar-refractivity contribution is 7.98. The largest absolute Gasteiger partial charge is 0.254 e. The van der Waals surface area contributed by atoms with E-state index >= 15 is 0 Å². The average molecular weight is 171 g/mol. The number of rotatable bonds is 3. The highest BCUT2D eigenvalue weighted by Crippen LogP contribution is 2.16. The Bertz CT molecular complexity index is 221. The van der Waals surface area contributed by atoms with Crippen LogP contribution in [0.15, 0.2) is 5.16 Å². The summed E-state index contributed by atoms with van der Waals surface area (Å²) in [6, 6.07) is 0. The molecule has 0 aliphatic carbocycles. The zero-order valence-electron chi connectivity index (χ0n) is 7.09. The molecular formula is C7H13N3S. The predicted octanol–water partition coefficient (Wildman–Crippen LogP) is 2.04. The smallest absolute Gasteiger partial charge is 0.183 e. The number of nitrogens with zero attached hydrogens (tertiary/aromatic N) is 2. The number of nitrogens with one attached hydrogen (secondary N) is 1. The molecule has 1 atom stereocenters. The predicted molar refractivity (Wildman–Crippen MR) is 46.9 cm³/mol. The number of aromatic nitrogens is 3. The first kappa shape index (κ1) is 8.59. The maximum Gasteiger partial charge on any atom is 0.183 e. The summed E-state index contributed by atoms with van der Waals surface area (Å²) in [6.07, 6.45) is 3.08. The third-order valence-electron chi connectivity index (χ3n) is 1.73. The maximum atomic E-state index is 4.30. The second-order valence-corrected chi connectivity index (χ2v) is 3.31. The van der Waals surface area contributed by atoms with E-state index in [4.69, 9.17) is 0 Å². The third kappa shape index (κ3) is 1.96. The van der Waals surface area contributed by atoms with Gasteiger partial charge in [-0.15, -0.1) is 0 Å². The average Bonchev–Trinajstić information content (AvgIpc) is 2.50. The van der Waals surface area contributed by atoms with E-state index in [1.54, 1.807) is 11.8 Å². The van der Waals surface area contributed by atoms with Crippen molar-refractivity contribution in [3.05, 3.63) is 5.82 Å². The Hall–Kier alpha value is -0.510. The summed E-state index contributed by atoms with van der Waals surface area (Å²) in [7, 11) is 0. The Kier molecular flexibility index (Phi) is 2.93. The van der Waals surface area contributed by atoms with Gasteiger partial charge >= 0.3 is 0 Å². The van der Waals surface area contributed by atoms with Gasteiger partial charge in [0.15, 0.2) is 11.0 Å². The highest BCUT2D eigenvalue weighted by Gasteiger charge is 2.08. The summed E-state index contributed by atoms with van der Waals surface area (Å²) in [5, 5.41) is 7.88. The Labute approximate surface area is 71.0 Å². The minimum atomic E-state index is 0.465. The SMILES string of the molecule is CCC(C)c1n[nH]c(SC)n1. The van der Waals surface area contributed by atoms with E-state index in [-0.39, 0.29) is 0 Å². The van der Waals surface area contributed by atoms with E-state index in [2.05, 4.69) is 29.0 Å². The van der Waals surface area contributed by atoms with Gasteiger partial charge in [0.1, 0.15) is 0 Å². The molecule has 0 spiro atoms. The van der Waals surface area contributed by atoms with Gasteiger partial charge in [0.25, 0.3) is 0 Å². The van der Waals surface area contributed by atoms with Crippen molar-refractivity contribution in [2.75, 3.05) is 6.26 Å². The summed E-state index contributed by atoms with van der Waals surface area (Å²) in [5.74, 6) is 1.39. The molecule has 1 rings (SSSR count). The molecule has 1 aromatic heterocycles. The normalized spacial score (nSPS) is 13.4. The lowest BCUT2D eigenvalue weighted by atomic mass is 10.1. The van der Waals surface area contributed by atoms with Crippen molar-refractivity contribution in [3.63, 3.8) is 0 Å². The van der Waals surface area contributed by atoms with Crippen molar-refractivity contribution in [3.8, 4) is 0 Å². The van der Waals surface area contributed by atoms with Crippen LogP contribution in [-0.4, -0.2) is 21.4 Å². The van der Waals surface area contributed by atoms with Crippen molar-refractivity contribution >= 4 is 11.8 Å². The van der Waals surface area contributed by atoms with Crippen LogP contribution < -0.4 is 0 Å². The van der Waals surface area contributed by atoms with E-state index in [1.165, 1.54) is 0 Å². The molecule has 0 amide bonds. The molecule has 0 fully saturated rings. The molecule has 0 bridgehead atoms. The number of hydrogen-bond donors (Lipinski definition) is 1. The van der Waals surface area contributed by atoms with Crippen molar-refractivity contribution in [2.45, 2.75) is 31.3 Å². The molecule has 0 radical (unpaired) electrons. The summed E-state index contributed by atoms with van der Waals surface area (Å²) < 4.78 is 0. The van der Waals surface area contributed by atoms with E-state index in [9.17, 15) is 0 Å². The summed E-state index contributed by atoms with van der Waals surface area (Å²) in [5.41, 5.74) is 0. The zero-order chi connectivity index (χ0) is 8.27.